The molecular formula is C9H14N4OS. The van der Waals surface area contributed by atoms with Gasteiger partial charge in [-0.1, -0.05) is 11.3 Å². The first-order valence-electron chi connectivity index (χ1n) is 5.14. The zero-order valence-corrected chi connectivity index (χ0v) is 9.29. The van der Waals surface area contributed by atoms with Gasteiger partial charge in [0.05, 0.1) is 0 Å². The third-order valence-corrected chi connectivity index (χ3v) is 3.08. The summed E-state index contributed by atoms with van der Waals surface area (Å²) in [5.74, 6) is 0.240. The van der Waals surface area contributed by atoms with Crippen LogP contribution < -0.4 is 5.32 Å². The second-order valence-corrected chi connectivity index (χ2v) is 4.34. The number of nitrogens with one attached hydrogen (secondary N) is 1. The highest BCUT2D eigenvalue weighted by atomic mass is 32.1. The number of carbonyl (C=O) groups is 1. The number of nitrogens with zero attached hydrogens (tertiary/aromatic N) is 3. The average molecular weight is 226 g/mol. The fourth-order valence-electron chi connectivity index (χ4n) is 1.65. The highest BCUT2D eigenvalue weighted by Crippen LogP contribution is 2.10. The highest BCUT2D eigenvalue weighted by molar-refractivity contribution is 7.13. The average Bonchev–Trinajstić information content (AvgIpc) is 2.90. The number of hydrogen-bond acceptors (Lipinski definition) is 5. The maximum atomic E-state index is 11.6. The molecule has 1 amide bonds. The molecule has 0 aliphatic carbocycles. The Hall–Kier alpha value is -1.17. The van der Waals surface area contributed by atoms with Gasteiger partial charge in [0.2, 0.25) is 11.0 Å². The van der Waals surface area contributed by atoms with Gasteiger partial charge in [0, 0.05) is 26.1 Å². The van der Waals surface area contributed by atoms with Gasteiger partial charge >= 0.3 is 0 Å². The van der Waals surface area contributed by atoms with E-state index in [1.165, 1.54) is 11.3 Å². The van der Waals surface area contributed by atoms with Crippen LogP contribution in [0.4, 0.5) is 5.13 Å². The van der Waals surface area contributed by atoms with E-state index in [4.69, 9.17) is 0 Å². The van der Waals surface area contributed by atoms with Crippen molar-refractivity contribution in [2.45, 2.75) is 19.3 Å². The van der Waals surface area contributed by atoms with E-state index in [0.717, 1.165) is 31.1 Å². The van der Waals surface area contributed by atoms with E-state index < -0.39 is 0 Å². The summed E-state index contributed by atoms with van der Waals surface area (Å²) < 4.78 is 0. The van der Waals surface area contributed by atoms with Crippen LogP contribution in [0.3, 0.4) is 0 Å². The summed E-state index contributed by atoms with van der Waals surface area (Å²) in [5.41, 5.74) is 1.67. The third kappa shape index (κ3) is 2.89. The molecule has 0 unspecified atom stereocenters. The van der Waals surface area contributed by atoms with Crippen molar-refractivity contribution in [3.63, 3.8) is 0 Å². The molecule has 1 N–H and O–H groups in total. The Bertz CT molecular complexity index is 308. The van der Waals surface area contributed by atoms with Crippen LogP contribution in [0.25, 0.3) is 0 Å². The predicted molar refractivity (Wildman–Crippen MR) is 58.8 cm³/mol. The standard InChI is InChI=1S/C9H14N4OS/c14-8(13-5-1-2-6-13)3-4-10-9-12-11-7-15-9/h7H,1-6H2,(H,10,12). The van der Waals surface area contributed by atoms with E-state index in [1.807, 2.05) is 4.90 Å². The maximum absolute atomic E-state index is 11.6. The Morgan fingerprint density at radius 2 is 2.33 bits per heavy atom. The summed E-state index contributed by atoms with van der Waals surface area (Å²) in [4.78, 5) is 13.6. The van der Waals surface area contributed by atoms with Crippen molar-refractivity contribution >= 4 is 22.4 Å². The number of likely N-dealkylation sites (tertiary alicyclic amines) is 1. The number of amides is 1. The monoisotopic (exact) mass is 226 g/mol. The smallest absolute Gasteiger partial charge is 0.224 e. The molecule has 5 nitrogen and oxygen atoms in total. The van der Waals surface area contributed by atoms with Crippen molar-refractivity contribution in [3.05, 3.63) is 5.51 Å². The van der Waals surface area contributed by atoms with Crippen LogP contribution in [0.15, 0.2) is 5.51 Å². The lowest BCUT2D eigenvalue weighted by molar-refractivity contribution is -0.129. The second-order valence-electron chi connectivity index (χ2n) is 3.51. The van der Waals surface area contributed by atoms with Gasteiger partial charge in [0.25, 0.3) is 0 Å². The lowest BCUT2D eigenvalue weighted by Gasteiger charge is -2.14. The van der Waals surface area contributed by atoms with Crippen LogP contribution in [0.1, 0.15) is 19.3 Å². The molecule has 1 aliphatic rings. The molecule has 6 heteroatoms. The van der Waals surface area contributed by atoms with E-state index in [0.29, 0.717) is 13.0 Å². The molecule has 0 spiro atoms. The van der Waals surface area contributed by atoms with Gasteiger partial charge in [-0.15, -0.1) is 10.2 Å². The van der Waals surface area contributed by atoms with Crippen LogP contribution >= 0.6 is 11.3 Å². The van der Waals surface area contributed by atoms with Gasteiger partial charge < -0.3 is 10.2 Å². The van der Waals surface area contributed by atoms with Crippen molar-refractivity contribution in [1.29, 1.82) is 0 Å². The minimum absolute atomic E-state index is 0.240. The molecule has 82 valence electrons. The molecular weight excluding hydrogens is 212 g/mol. The van der Waals surface area contributed by atoms with E-state index in [-0.39, 0.29) is 5.91 Å². The van der Waals surface area contributed by atoms with E-state index in [1.54, 1.807) is 5.51 Å². The first-order chi connectivity index (χ1) is 7.36. The lowest BCUT2D eigenvalue weighted by atomic mass is 10.3. The summed E-state index contributed by atoms with van der Waals surface area (Å²) in [7, 11) is 0. The molecule has 1 aliphatic heterocycles. The van der Waals surface area contributed by atoms with Crippen LogP contribution in [0.5, 0.6) is 0 Å². The first kappa shape index (κ1) is 10.4. The minimum Gasteiger partial charge on any atom is -0.360 e. The molecule has 2 heterocycles. The van der Waals surface area contributed by atoms with Gasteiger partial charge in [-0.3, -0.25) is 4.79 Å². The highest BCUT2D eigenvalue weighted by Gasteiger charge is 2.16. The van der Waals surface area contributed by atoms with Crippen molar-refractivity contribution in [2.24, 2.45) is 0 Å². The largest absolute Gasteiger partial charge is 0.360 e. The zero-order chi connectivity index (χ0) is 10.5. The molecule has 2 rings (SSSR count). The predicted octanol–water partition coefficient (Wildman–Crippen LogP) is 0.962. The summed E-state index contributed by atoms with van der Waals surface area (Å²) in [6, 6.07) is 0. The summed E-state index contributed by atoms with van der Waals surface area (Å²) in [6.45, 7) is 2.50. The fourth-order valence-corrected chi connectivity index (χ4v) is 2.12. The van der Waals surface area contributed by atoms with Crippen molar-refractivity contribution in [3.8, 4) is 0 Å². The zero-order valence-electron chi connectivity index (χ0n) is 8.48. The molecule has 1 saturated heterocycles. The minimum atomic E-state index is 0.240. The Labute approximate surface area is 92.5 Å². The van der Waals surface area contributed by atoms with Crippen LogP contribution in [0.2, 0.25) is 0 Å². The molecule has 15 heavy (non-hydrogen) atoms. The SMILES string of the molecule is O=C(CCNc1nncs1)N1CCCC1. The van der Waals surface area contributed by atoms with Gasteiger partial charge in [-0.2, -0.15) is 0 Å². The molecule has 0 bridgehead atoms. The lowest BCUT2D eigenvalue weighted by Crippen LogP contribution is -2.29. The van der Waals surface area contributed by atoms with Crippen LogP contribution in [0, 0.1) is 0 Å². The number of hydrogen-bond donors (Lipinski definition) is 1. The molecule has 1 fully saturated rings. The molecule has 1 aromatic rings. The number of anilines is 1. The topological polar surface area (TPSA) is 58.1 Å². The maximum Gasteiger partial charge on any atom is 0.224 e. The van der Waals surface area contributed by atoms with Gasteiger partial charge in [-0.05, 0) is 12.8 Å². The molecule has 0 saturated carbocycles. The van der Waals surface area contributed by atoms with Crippen molar-refractivity contribution < 1.29 is 4.79 Å². The normalized spacial score (nSPS) is 15.6. The van der Waals surface area contributed by atoms with Crippen LogP contribution in [-0.4, -0.2) is 40.6 Å². The third-order valence-electron chi connectivity index (χ3n) is 2.43. The van der Waals surface area contributed by atoms with Gasteiger partial charge in [0.1, 0.15) is 5.51 Å². The quantitative estimate of drug-likeness (QED) is 0.831. The van der Waals surface area contributed by atoms with Crippen molar-refractivity contribution in [2.75, 3.05) is 25.0 Å². The van der Waals surface area contributed by atoms with Gasteiger partial charge in [0.15, 0.2) is 0 Å². The fraction of sp³-hybridized carbons (Fsp3) is 0.667. The summed E-state index contributed by atoms with van der Waals surface area (Å²) in [5, 5.41) is 11.4. The Morgan fingerprint density at radius 1 is 1.53 bits per heavy atom. The van der Waals surface area contributed by atoms with E-state index in [2.05, 4.69) is 15.5 Å². The van der Waals surface area contributed by atoms with Crippen molar-refractivity contribution in [1.82, 2.24) is 15.1 Å². The Morgan fingerprint density at radius 3 is 3.00 bits per heavy atom. The summed E-state index contributed by atoms with van der Waals surface area (Å²) in [6.07, 6.45) is 2.84. The number of rotatable bonds is 4. The summed E-state index contributed by atoms with van der Waals surface area (Å²) >= 11 is 1.45. The molecule has 0 radical (unpaired) electrons. The van der Waals surface area contributed by atoms with E-state index >= 15 is 0 Å². The van der Waals surface area contributed by atoms with E-state index in [9.17, 15) is 4.79 Å². The first-order valence-corrected chi connectivity index (χ1v) is 6.02. The molecule has 0 atom stereocenters. The number of aromatic nitrogens is 2. The number of carbonyl (C=O) groups excluding carboxylic acids is 1. The second kappa shape index (κ2) is 5.06. The van der Waals surface area contributed by atoms with Crippen LogP contribution in [-0.2, 0) is 4.79 Å². The Balaban J connectivity index is 1.67. The molecule has 1 aromatic heterocycles. The Kier molecular flexibility index (Phi) is 3.49. The van der Waals surface area contributed by atoms with Gasteiger partial charge in [-0.25, -0.2) is 0 Å². The molecule has 0 aromatic carbocycles.